The van der Waals surface area contributed by atoms with E-state index >= 15 is 0 Å². The first-order chi connectivity index (χ1) is 10.3. The van der Waals surface area contributed by atoms with E-state index in [0.717, 1.165) is 29.4 Å². The summed E-state index contributed by atoms with van der Waals surface area (Å²) in [6.45, 7) is -0.922. The molecule has 1 aromatic rings. The van der Waals surface area contributed by atoms with Crippen LogP contribution < -0.4 is 4.90 Å². The average Bonchev–Trinajstić information content (AvgIpc) is 2.80. The summed E-state index contributed by atoms with van der Waals surface area (Å²) in [5.41, 5.74) is -3.47. The highest BCUT2D eigenvalue weighted by molar-refractivity contribution is 7.90. The van der Waals surface area contributed by atoms with Crippen LogP contribution in [0.5, 0.6) is 0 Å². The third-order valence-corrected chi connectivity index (χ3v) is 4.81. The van der Waals surface area contributed by atoms with Crippen molar-refractivity contribution in [3.63, 3.8) is 0 Å². The number of rotatable bonds is 3. The van der Waals surface area contributed by atoms with Crippen LogP contribution in [0.15, 0.2) is 23.1 Å². The number of benzene rings is 1. The van der Waals surface area contributed by atoms with Crippen LogP contribution in [-0.4, -0.2) is 49.6 Å². The Balaban J connectivity index is 2.42. The van der Waals surface area contributed by atoms with Crippen LogP contribution in [0.25, 0.3) is 0 Å². The number of sulfone groups is 1. The summed E-state index contributed by atoms with van der Waals surface area (Å²) in [6.07, 6.45) is -4.61. The van der Waals surface area contributed by atoms with Crippen LogP contribution in [0.3, 0.4) is 0 Å². The molecule has 0 bridgehead atoms. The van der Waals surface area contributed by atoms with E-state index in [-0.39, 0.29) is 12.2 Å². The van der Waals surface area contributed by atoms with Gasteiger partial charge in [0.15, 0.2) is 15.4 Å². The van der Waals surface area contributed by atoms with Gasteiger partial charge in [0.25, 0.3) is 5.69 Å². The van der Waals surface area contributed by atoms with Gasteiger partial charge in [-0.05, 0) is 12.1 Å². The first-order valence-electron chi connectivity index (χ1n) is 6.38. The van der Waals surface area contributed by atoms with Gasteiger partial charge in [0.2, 0.25) is 0 Å². The second-order valence-corrected chi connectivity index (χ2v) is 7.37. The minimum absolute atomic E-state index is 0.0659. The molecule has 1 unspecified atom stereocenters. The SMILES string of the molecule is CS(=O)(=O)c1cc(N2CCC(O)(C(F)(F)F)C2)ccc1[N+](=O)[O-]. The molecule has 1 aliphatic heterocycles. The zero-order valence-corrected chi connectivity index (χ0v) is 12.7. The fourth-order valence-electron chi connectivity index (χ4n) is 2.39. The van der Waals surface area contributed by atoms with Crippen LogP contribution in [0.1, 0.15) is 6.42 Å². The van der Waals surface area contributed by atoms with E-state index in [9.17, 15) is 36.8 Å². The number of nitrogens with zero attached hydrogens (tertiary/aromatic N) is 2. The Morgan fingerprint density at radius 1 is 1.39 bits per heavy atom. The Labute approximate surface area is 129 Å². The van der Waals surface area contributed by atoms with E-state index in [1.807, 2.05) is 0 Å². The molecule has 11 heteroatoms. The van der Waals surface area contributed by atoms with Gasteiger partial charge in [-0.1, -0.05) is 0 Å². The Kier molecular flexibility index (Phi) is 4.06. The lowest BCUT2D eigenvalue weighted by atomic mass is 10.0. The first kappa shape index (κ1) is 17.5. The van der Waals surface area contributed by atoms with Gasteiger partial charge in [0.05, 0.1) is 11.5 Å². The van der Waals surface area contributed by atoms with Gasteiger partial charge in [-0.3, -0.25) is 10.1 Å². The average molecular weight is 354 g/mol. The summed E-state index contributed by atoms with van der Waals surface area (Å²) in [5.74, 6) is 0. The van der Waals surface area contributed by atoms with E-state index in [2.05, 4.69) is 0 Å². The summed E-state index contributed by atoms with van der Waals surface area (Å²) in [5, 5.41) is 20.5. The van der Waals surface area contributed by atoms with Crippen molar-refractivity contribution >= 4 is 21.2 Å². The van der Waals surface area contributed by atoms with Crippen molar-refractivity contribution in [3.05, 3.63) is 28.3 Å². The molecule has 0 spiro atoms. The van der Waals surface area contributed by atoms with Crippen LogP contribution >= 0.6 is 0 Å². The van der Waals surface area contributed by atoms with Gasteiger partial charge in [0.1, 0.15) is 4.90 Å². The molecule has 0 aliphatic carbocycles. The molecule has 1 fully saturated rings. The lowest BCUT2D eigenvalue weighted by Crippen LogP contribution is -2.47. The van der Waals surface area contributed by atoms with Gasteiger partial charge >= 0.3 is 6.18 Å². The second kappa shape index (κ2) is 5.34. The maximum absolute atomic E-state index is 12.8. The van der Waals surface area contributed by atoms with E-state index < -0.39 is 50.1 Å². The molecule has 0 amide bonds. The minimum Gasteiger partial charge on any atom is -0.379 e. The summed E-state index contributed by atoms with van der Waals surface area (Å²) in [4.78, 5) is 10.6. The third kappa shape index (κ3) is 3.24. The fraction of sp³-hybridized carbons (Fsp3) is 0.500. The number of aliphatic hydroxyl groups is 1. The Bertz CT molecular complexity index is 750. The van der Waals surface area contributed by atoms with Gasteiger partial charge in [-0.15, -0.1) is 0 Å². The quantitative estimate of drug-likeness (QED) is 0.652. The summed E-state index contributed by atoms with van der Waals surface area (Å²) in [6, 6.07) is 3.04. The Hall–Kier alpha value is -1.88. The number of anilines is 1. The molecule has 0 aromatic heterocycles. The van der Waals surface area contributed by atoms with Gasteiger partial charge < -0.3 is 10.0 Å². The third-order valence-electron chi connectivity index (χ3n) is 3.68. The highest BCUT2D eigenvalue weighted by atomic mass is 32.2. The highest BCUT2D eigenvalue weighted by Crippen LogP contribution is 2.40. The number of halogens is 3. The van der Waals surface area contributed by atoms with Crippen molar-refractivity contribution in [2.45, 2.75) is 23.1 Å². The molecular weight excluding hydrogens is 341 g/mol. The Morgan fingerprint density at radius 2 is 2.00 bits per heavy atom. The number of nitro groups is 1. The topological polar surface area (TPSA) is 101 Å². The zero-order valence-electron chi connectivity index (χ0n) is 11.9. The van der Waals surface area contributed by atoms with Crippen molar-refractivity contribution in [3.8, 4) is 0 Å². The van der Waals surface area contributed by atoms with Gasteiger partial charge in [-0.2, -0.15) is 13.2 Å². The number of hydrogen-bond donors (Lipinski definition) is 1. The molecule has 1 atom stereocenters. The van der Waals surface area contributed by atoms with Crippen molar-refractivity contribution in [1.82, 2.24) is 0 Å². The monoisotopic (exact) mass is 354 g/mol. The fourth-order valence-corrected chi connectivity index (χ4v) is 3.25. The second-order valence-electron chi connectivity index (χ2n) is 5.38. The van der Waals surface area contributed by atoms with Gasteiger partial charge in [-0.25, -0.2) is 8.42 Å². The van der Waals surface area contributed by atoms with Crippen molar-refractivity contribution in [2.24, 2.45) is 0 Å². The maximum atomic E-state index is 12.8. The van der Waals surface area contributed by atoms with Crippen LogP contribution in [0, 0.1) is 10.1 Å². The number of alkyl halides is 3. The molecule has 1 saturated heterocycles. The molecule has 0 radical (unpaired) electrons. The number of β-amino-alcohol motifs (C(OH)–C–C–N with tert-alkyl or cyclic N) is 1. The standard InChI is InChI=1S/C12H13F3N2O5S/c1-23(21,22)10-6-8(2-3-9(10)17(19)20)16-5-4-11(18,7-16)12(13,14)15/h2-3,6,18H,4-5,7H2,1H3. The van der Waals surface area contributed by atoms with Crippen LogP contribution in [0.2, 0.25) is 0 Å². The maximum Gasteiger partial charge on any atom is 0.418 e. The molecular formula is C12H13F3N2O5S. The predicted octanol–water partition coefficient (Wildman–Crippen LogP) is 1.50. The van der Waals surface area contributed by atoms with Gasteiger partial charge in [0, 0.05) is 31.0 Å². The number of hydrogen-bond acceptors (Lipinski definition) is 6. The van der Waals surface area contributed by atoms with Crippen LogP contribution in [-0.2, 0) is 9.84 Å². The van der Waals surface area contributed by atoms with Crippen molar-refractivity contribution in [2.75, 3.05) is 24.2 Å². The van der Waals surface area contributed by atoms with E-state index in [1.165, 1.54) is 0 Å². The Morgan fingerprint density at radius 3 is 2.43 bits per heavy atom. The summed E-state index contributed by atoms with van der Waals surface area (Å²) >= 11 is 0. The van der Waals surface area contributed by atoms with E-state index in [4.69, 9.17) is 0 Å². The van der Waals surface area contributed by atoms with E-state index in [1.54, 1.807) is 0 Å². The normalized spacial score (nSPS) is 22.4. The lowest BCUT2D eigenvalue weighted by molar-refractivity contribution is -0.387. The largest absolute Gasteiger partial charge is 0.418 e. The van der Waals surface area contributed by atoms with Crippen molar-refractivity contribution < 1.29 is 31.6 Å². The van der Waals surface area contributed by atoms with E-state index in [0.29, 0.717) is 0 Å². The minimum atomic E-state index is -4.82. The molecule has 7 nitrogen and oxygen atoms in total. The first-order valence-corrected chi connectivity index (χ1v) is 8.27. The molecule has 128 valence electrons. The van der Waals surface area contributed by atoms with Crippen LogP contribution in [0.4, 0.5) is 24.5 Å². The predicted molar refractivity (Wildman–Crippen MR) is 74.0 cm³/mol. The molecule has 1 aliphatic rings. The smallest absolute Gasteiger partial charge is 0.379 e. The molecule has 0 saturated carbocycles. The molecule has 1 heterocycles. The molecule has 1 aromatic carbocycles. The number of nitro benzene ring substituents is 1. The lowest BCUT2D eigenvalue weighted by Gasteiger charge is -2.26. The summed E-state index contributed by atoms with van der Waals surface area (Å²) < 4.78 is 61.8. The highest BCUT2D eigenvalue weighted by Gasteiger charge is 2.57. The molecule has 2 rings (SSSR count). The molecule has 23 heavy (non-hydrogen) atoms. The zero-order chi connectivity index (χ0) is 17.6. The summed E-state index contributed by atoms with van der Waals surface area (Å²) in [7, 11) is -3.94. The molecule has 1 N–H and O–H groups in total. The van der Waals surface area contributed by atoms with Crippen molar-refractivity contribution in [1.29, 1.82) is 0 Å².